The Morgan fingerprint density at radius 1 is 0.710 bits per heavy atom. The molecule has 8 N–H and O–H groups in total. The van der Waals surface area contributed by atoms with Crippen LogP contribution in [-0.2, 0) is 9.59 Å². The van der Waals surface area contributed by atoms with E-state index in [1.807, 2.05) is 0 Å². The Labute approximate surface area is 213 Å². The molecule has 0 atom stereocenters. The Morgan fingerprint density at radius 2 is 1.03 bits per heavy atom. The number of aliphatic carboxylic acids is 2. The average molecular weight is 467 g/mol. The molecule has 0 aliphatic carbocycles. The molecule has 0 spiro atoms. The molecule has 0 heterocycles. The average Bonchev–Trinajstić information content (AvgIpc) is 2.71. The van der Waals surface area contributed by atoms with Crippen molar-refractivity contribution >= 4 is 61.3 Å². The molecule has 172 valence electrons. The monoisotopic (exact) mass is 466 g/mol. The summed E-state index contributed by atoms with van der Waals surface area (Å²) in [6, 6.07) is 0. The fourth-order valence-corrected chi connectivity index (χ4v) is 1.64. The van der Waals surface area contributed by atoms with E-state index in [1.54, 1.807) is 0 Å². The Hall–Kier alpha value is -1.54. The van der Waals surface area contributed by atoms with Crippen LogP contribution in [0.25, 0.3) is 0 Å². The van der Waals surface area contributed by atoms with Crippen molar-refractivity contribution < 1.29 is 19.8 Å². The Balaban J connectivity index is -0.000000490. The summed E-state index contributed by atoms with van der Waals surface area (Å²) in [4.78, 5) is 28.0. The van der Waals surface area contributed by atoms with E-state index in [-0.39, 0.29) is 50.8 Å². The van der Waals surface area contributed by atoms with Crippen LogP contribution in [0.15, 0.2) is 35.3 Å². The number of carbonyl (C=O) groups excluding carboxylic acids is 2. The van der Waals surface area contributed by atoms with Crippen LogP contribution < -0.4 is 42.9 Å². The molecule has 13 heteroatoms. The third-order valence-corrected chi connectivity index (χ3v) is 3.08. The molecule has 0 amide bonds. The van der Waals surface area contributed by atoms with Gasteiger partial charge in [0.15, 0.2) is 0 Å². The van der Waals surface area contributed by atoms with Gasteiger partial charge >= 0.3 is 37.7 Å². The van der Waals surface area contributed by atoms with Gasteiger partial charge in [0.05, 0.1) is 25.0 Å². The third-order valence-electron chi connectivity index (χ3n) is 3.08. The fourth-order valence-electron chi connectivity index (χ4n) is 1.64. The smallest absolute Gasteiger partial charge is 0.549 e. The van der Waals surface area contributed by atoms with Gasteiger partial charge in [-0.1, -0.05) is 13.2 Å². The van der Waals surface area contributed by atoms with Crippen molar-refractivity contribution in [2.24, 2.45) is 21.5 Å². The SMILES string of the molecule is C=CC(N)=NCCNCCNCC(=O)[O-].C=CC(N)=NCCNCCNCC(=O)[O-].[Ca+2]. The van der Waals surface area contributed by atoms with Crippen LogP contribution in [0.4, 0.5) is 0 Å². The molecule has 0 radical (unpaired) electrons. The summed E-state index contributed by atoms with van der Waals surface area (Å²) >= 11 is 0. The minimum atomic E-state index is -1.10. The van der Waals surface area contributed by atoms with Gasteiger partial charge in [0.2, 0.25) is 0 Å². The van der Waals surface area contributed by atoms with Crippen LogP contribution in [-0.4, -0.2) is 127 Å². The maximum atomic E-state index is 10.0. The van der Waals surface area contributed by atoms with Crippen LogP contribution in [0.3, 0.4) is 0 Å². The van der Waals surface area contributed by atoms with E-state index in [9.17, 15) is 19.8 Å². The second kappa shape index (κ2) is 26.5. The first-order valence-electron chi connectivity index (χ1n) is 9.40. The first-order chi connectivity index (χ1) is 14.3. The summed E-state index contributed by atoms with van der Waals surface area (Å²) in [5.74, 6) is -1.35. The predicted molar refractivity (Wildman–Crippen MR) is 121 cm³/mol. The minimum absolute atomic E-state index is 0. The minimum Gasteiger partial charge on any atom is -0.549 e. The maximum Gasteiger partial charge on any atom is 2.00 e. The van der Waals surface area contributed by atoms with E-state index in [0.29, 0.717) is 64.0 Å². The number of nitrogens with two attached hydrogens (primary N) is 2. The van der Waals surface area contributed by atoms with Gasteiger partial charge in [0.25, 0.3) is 0 Å². The van der Waals surface area contributed by atoms with Gasteiger partial charge in [-0.2, -0.15) is 0 Å². The number of carbonyl (C=O) groups is 2. The molecule has 0 aliphatic rings. The largest absolute Gasteiger partial charge is 2.00 e. The summed E-state index contributed by atoms with van der Waals surface area (Å²) in [6.07, 6.45) is 2.98. The first-order valence-corrected chi connectivity index (χ1v) is 9.40. The van der Waals surface area contributed by atoms with Crippen molar-refractivity contribution in [3.63, 3.8) is 0 Å². The normalized spacial score (nSPS) is 11.0. The van der Waals surface area contributed by atoms with Gasteiger partial charge in [-0.3, -0.25) is 9.98 Å². The van der Waals surface area contributed by atoms with Gasteiger partial charge in [0, 0.05) is 52.4 Å². The molecule has 0 aromatic heterocycles. The second-order valence-corrected chi connectivity index (χ2v) is 5.62. The van der Waals surface area contributed by atoms with E-state index in [0.717, 1.165) is 0 Å². The summed E-state index contributed by atoms with van der Waals surface area (Å²) in [5, 5.41) is 31.5. The fraction of sp³-hybridized carbons (Fsp3) is 0.556. The Morgan fingerprint density at radius 3 is 1.32 bits per heavy atom. The molecule has 0 aliphatic heterocycles. The van der Waals surface area contributed by atoms with Crippen molar-refractivity contribution in [1.29, 1.82) is 0 Å². The topological polar surface area (TPSA) is 205 Å². The number of hydrogen-bond acceptors (Lipinski definition) is 10. The van der Waals surface area contributed by atoms with E-state index >= 15 is 0 Å². The number of hydrogen-bond donors (Lipinski definition) is 6. The van der Waals surface area contributed by atoms with Crippen molar-refractivity contribution in [3.05, 3.63) is 25.3 Å². The molecular formula is C18H34CaN8O4. The summed E-state index contributed by atoms with van der Waals surface area (Å²) in [6.45, 7) is 11.8. The van der Waals surface area contributed by atoms with E-state index < -0.39 is 11.9 Å². The second-order valence-electron chi connectivity index (χ2n) is 5.62. The third kappa shape index (κ3) is 33.3. The van der Waals surface area contributed by atoms with Gasteiger partial charge < -0.3 is 52.5 Å². The number of rotatable bonds is 18. The van der Waals surface area contributed by atoms with Crippen LogP contribution in [0, 0.1) is 0 Å². The van der Waals surface area contributed by atoms with E-state index in [1.165, 1.54) is 12.2 Å². The maximum absolute atomic E-state index is 10.0. The summed E-state index contributed by atoms with van der Waals surface area (Å²) in [7, 11) is 0. The van der Waals surface area contributed by atoms with Gasteiger partial charge in [-0.05, 0) is 12.2 Å². The molecule has 31 heavy (non-hydrogen) atoms. The van der Waals surface area contributed by atoms with Crippen LogP contribution >= 0.6 is 0 Å². The van der Waals surface area contributed by atoms with Crippen LogP contribution in [0.2, 0.25) is 0 Å². The molecule has 0 unspecified atom stereocenters. The van der Waals surface area contributed by atoms with Crippen molar-refractivity contribution in [2.45, 2.75) is 0 Å². The van der Waals surface area contributed by atoms with E-state index in [4.69, 9.17) is 11.5 Å². The number of carboxylic acids is 2. The van der Waals surface area contributed by atoms with Crippen molar-refractivity contribution in [2.75, 3.05) is 65.4 Å². The number of amidine groups is 2. The van der Waals surface area contributed by atoms with Gasteiger partial charge in [0.1, 0.15) is 11.7 Å². The zero-order chi connectivity index (χ0) is 23.0. The molecule has 0 aromatic rings. The molecule has 0 fully saturated rings. The molecule has 0 bridgehead atoms. The number of nitrogens with zero attached hydrogens (tertiary/aromatic N) is 2. The Bertz CT molecular complexity index is 511. The van der Waals surface area contributed by atoms with E-state index in [2.05, 4.69) is 44.4 Å². The predicted octanol–water partition coefficient (Wildman–Crippen LogP) is -5.46. The number of aliphatic imine (C=N–C) groups is 2. The quantitative estimate of drug-likeness (QED) is 0.0489. The van der Waals surface area contributed by atoms with Crippen LogP contribution in [0.5, 0.6) is 0 Å². The van der Waals surface area contributed by atoms with Crippen molar-refractivity contribution in [1.82, 2.24) is 21.3 Å². The number of carboxylic acid groups (broad SMARTS) is 2. The van der Waals surface area contributed by atoms with Gasteiger partial charge in [-0.25, -0.2) is 0 Å². The summed E-state index contributed by atoms with van der Waals surface area (Å²) in [5.41, 5.74) is 10.8. The first kappa shape index (κ1) is 34.1. The summed E-state index contributed by atoms with van der Waals surface area (Å²) < 4.78 is 0. The molecule has 0 saturated carbocycles. The zero-order valence-corrected chi connectivity index (χ0v) is 20.2. The molecule has 0 aromatic carbocycles. The standard InChI is InChI=1S/2C9H18N4O2.Ca/c2*1-2-8(10)13-6-5-11-3-4-12-7-9(14)15;/h2*2,11-12H,1,3-7H2,(H2,10,13)(H,14,15);/q;;+2/p-2. The van der Waals surface area contributed by atoms with Crippen LogP contribution in [0.1, 0.15) is 0 Å². The number of nitrogens with one attached hydrogen (secondary N) is 4. The van der Waals surface area contributed by atoms with Crippen molar-refractivity contribution in [3.8, 4) is 0 Å². The van der Waals surface area contributed by atoms with Gasteiger partial charge in [-0.15, -0.1) is 0 Å². The molecule has 0 saturated heterocycles. The zero-order valence-electron chi connectivity index (χ0n) is 18.0. The molecule has 0 rings (SSSR count). The molecular weight excluding hydrogens is 432 g/mol. The molecule has 12 nitrogen and oxygen atoms in total. The Kier molecular flexibility index (Phi) is 29.1.